The van der Waals surface area contributed by atoms with Crippen molar-refractivity contribution in [2.45, 2.75) is 6.54 Å². The number of aromatic nitrogens is 2. The number of hydrogen-bond acceptors (Lipinski definition) is 4. The molecule has 0 N–H and O–H groups in total. The number of benzene rings is 2. The Morgan fingerprint density at radius 1 is 1.10 bits per heavy atom. The largest absolute Gasteiger partial charge is 0.454 e. The molecule has 0 atom stereocenters. The zero-order valence-electron chi connectivity index (χ0n) is 11.2. The molecule has 3 aromatic rings. The molecular formula is C16H12N2O3. The average molecular weight is 280 g/mol. The topological polar surface area (TPSA) is 53.4 Å². The van der Waals surface area contributed by atoms with Crippen LogP contribution in [0.5, 0.6) is 11.5 Å². The summed E-state index contributed by atoms with van der Waals surface area (Å²) in [5, 5.41) is 4.82. The average Bonchev–Trinajstić information content (AvgIpc) is 2.97. The van der Waals surface area contributed by atoms with Gasteiger partial charge in [-0.05, 0) is 11.6 Å². The number of fused-ring (bicyclic) bond motifs is 2. The van der Waals surface area contributed by atoms with Gasteiger partial charge in [-0.2, -0.15) is 5.10 Å². The fourth-order valence-corrected chi connectivity index (χ4v) is 2.48. The van der Waals surface area contributed by atoms with E-state index in [-0.39, 0.29) is 12.2 Å². The van der Waals surface area contributed by atoms with Gasteiger partial charge in [0.05, 0.1) is 23.6 Å². The Labute approximate surface area is 120 Å². The third-order valence-corrected chi connectivity index (χ3v) is 3.52. The SMILES string of the molecule is O=c1cnn(Cc2ccccc2)c2cc3c(cc12)OCO3. The normalized spacial score (nSPS) is 12.8. The van der Waals surface area contributed by atoms with E-state index >= 15 is 0 Å². The minimum atomic E-state index is -0.118. The summed E-state index contributed by atoms with van der Waals surface area (Å²) in [7, 11) is 0. The highest BCUT2D eigenvalue weighted by Gasteiger charge is 2.17. The van der Waals surface area contributed by atoms with E-state index in [1.54, 1.807) is 10.7 Å². The summed E-state index contributed by atoms with van der Waals surface area (Å²) < 4.78 is 12.5. The molecule has 2 heterocycles. The molecule has 1 aromatic heterocycles. The van der Waals surface area contributed by atoms with Crippen molar-refractivity contribution >= 4 is 10.9 Å². The fraction of sp³-hybridized carbons (Fsp3) is 0.125. The fourth-order valence-electron chi connectivity index (χ4n) is 2.48. The summed E-state index contributed by atoms with van der Waals surface area (Å²) in [6, 6.07) is 13.5. The number of hydrogen-bond donors (Lipinski definition) is 0. The Morgan fingerprint density at radius 2 is 1.86 bits per heavy atom. The molecule has 21 heavy (non-hydrogen) atoms. The number of ether oxygens (including phenoxy) is 2. The lowest BCUT2D eigenvalue weighted by atomic mass is 10.2. The Morgan fingerprint density at radius 3 is 2.67 bits per heavy atom. The van der Waals surface area contributed by atoms with Crippen molar-refractivity contribution in [2.24, 2.45) is 0 Å². The van der Waals surface area contributed by atoms with Crippen molar-refractivity contribution in [2.75, 3.05) is 6.79 Å². The molecule has 1 aliphatic rings. The summed E-state index contributed by atoms with van der Waals surface area (Å²) in [5.41, 5.74) is 1.75. The lowest BCUT2D eigenvalue weighted by Crippen LogP contribution is -2.13. The van der Waals surface area contributed by atoms with Crippen LogP contribution in [0.25, 0.3) is 10.9 Å². The Kier molecular flexibility index (Phi) is 2.64. The Hall–Kier alpha value is -2.82. The highest BCUT2D eigenvalue weighted by atomic mass is 16.7. The summed E-state index contributed by atoms with van der Waals surface area (Å²) >= 11 is 0. The predicted molar refractivity (Wildman–Crippen MR) is 77.7 cm³/mol. The molecule has 5 heteroatoms. The van der Waals surface area contributed by atoms with E-state index in [9.17, 15) is 4.79 Å². The van der Waals surface area contributed by atoms with Gasteiger partial charge >= 0.3 is 0 Å². The number of nitrogens with zero attached hydrogens (tertiary/aromatic N) is 2. The molecular weight excluding hydrogens is 268 g/mol. The first-order valence-corrected chi connectivity index (χ1v) is 6.65. The van der Waals surface area contributed by atoms with E-state index in [0.29, 0.717) is 23.4 Å². The monoisotopic (exact) mass is 280 g/mol. The molecule has 4 rings (SSSR count). The van der Waals surface area contributed by atoms with Gasteiger partial charge in [-0.25, -0.2) is 0 Å². The summed E-state index contributed by atoms with van der Waals surface area (Å²) in [6.45, 7) is 0.781. The predicted octanol–water partition coefficient (Wildman–Crippen LogP) is 2.17. The van der Waals surface area contributed by atoms with Crippen LogP contribution in [0.2, 0.25) is 0 Å². The van der Waals surface area contributed by atoms with Gasteiger partial charge in [-0.15, -0.1) is 0 Å². The van der Waals surface area contributed by atoms with Gasteiger partial charge in [0.1, 0.15) is 0 Å². The van der Waals surface area contributed by atoms with Crippen LogP contribution in [0.4, 0.5) is 0 Å². The molecule has 104 valence electrons. The molecule has 0 aliphatic carbocycles. The third-order valence-electron chi connectivity index (χ3n) is 3.52. The highest BCUT2D eigenvalue weighted by molar-refractivity contribution is 5.82. The molecule has 0 radical (unpaired) electrons. The Balaban J connectivity index is 1.90. The van der Waals surface area contributed by atoms with Gasteiger partial charge in [0.25, 0.3) is 0 Å². The zero-order valence-corrected chi connectivity index (χ0v) is 11.2. The van der Waals surface area contributed by atoms with Crippen molar-refractivity contribution in [3.05, 3.63) is 64.4 Å². The minimum absolute atomic E-state index is 0.118. The highest BCUT2D eigenvalue weighted by Crippen LogP contribution is 2.34. The van der Waals surface area contributed by atoms with Crippen LogP contribution in [0.15, 0.2) is 53.5 Å². The summed E-state index contributed by atoms with van der Waals surface area (Å²) in [6.07, 6.45) is 1.34. The number of rotatable bonds is 2. The second-order valence-electron chi connectivity index (χ2n) is 4.87. The van der Waals surface area contributed by atoms with Gasteiger partial charge in [-0.1, -0.05) is 30.3 Å². The first kappa shape index (κ1) is 12.0. The molecule has 0 amide bonds. The third kappa shape index (κ3) is 2.03. The van der Waals surface area contributed by atoms with Crippen molar-refractivity contribution in [3.8, 4) is 11.5 Å². The molecule has 5 nitrogen and oxygen atoms in total. The molecule has 0 spiro atoms. The molecule has 0 unspecified atom stereocenters. The van der Waals surface area contributed by atoms with Crippen LogP contribution in [0.3, 0.4) is 0 Å². The molecule has 2 aromatic carbocycles. The van der Waals surface area contributed by atoms with Crippen molar-refractivity contribution in [3.63, 3.8) is 0 Å². The van der Waals surface area contributed by atoms with Crippen LogP contribution >= 0.6 is 0 Å². The van der Waals surface area contributed by atoms with E-state index < -0.39 is 0 Å². The van der Waals surface area contributed by atoms with Crippen molar-refractivity contribution in [1.82, 2.24) is 9.78 Å². The zero-order chi connectivity index (χ0) is 14.2. The maximum Gasteiger partial charge on any atom is 0.231 e. The van der Waals surface area contributed by atoms with Gasteiger partial charge in [0.15, 0.2) is 11.5 Å². The minimum Gasteiger partial charge on any atom is -0.454 e. The Bertz CT molecular complexity index is 872. The maximum absolute atomic E-state index is 12.0. The smallest absolute Gasteiger partial charge is 0.231 e. The van der Waals surface area contributed by atoms with Gasteiger partial charge in [0, 0.05) is 6.07 Å². The molecule has 0 fully saturated rings. The van der Waals surface area contributed by atoms with E-state index in [1.165, 1.54) is 6.20 Å². The molecule has 0 saturated carbocycles. The van der Waals surface area contributed by atoms with Crippen LogP contribution in [-0.4, -0.2) is 16.6 Å². The second kappa shape index (κ2) is 4.63. The van der Waals surface area contributed by atoms with Crippen LogP contribution in [-0.2, 0) is 6.54 Å². The second-order valence-corrected chi connectivity index (χ2v) is 4.87. The van der Waals surface area contributed by atoms with Crippen LogP contribution < -0.4 is 14.9 Å². The van der Waals surface area contributed by atoms with Crippen LogP contribution in [0, 0.1) is 0 Å². The molecule has 0 bridgehead atoms. The van der Waals surface area contributed by atoms with Crippen molar-refractivity contribution in [1.29, 1.82) is 0 Å². The quantitative estimate of drug-likeness (QED) is 0.722. The first-order valence-electron chi connectivity index (χ1n) is 6.65. The van der Waals surface area contributed by atoms with Gasteiger partial charge in [-0.3, -0.25) is 9.48 Å². The van der Waals surface area contributed by atoms with E-state index in [0.717, 1.165) is 11.1 Å². The van der Waals surface area contributed by atoms with Crippen molar-refractivity contribution < 1.29 is 9.47 Å². The maximum atomic E-state index is 12.0. The lowest BCUT2D eigenvalue weighted by Gasteiger charge is -2.10. The van der Waals surface area contributed by atoms with Crippen LogP contribution in [0.1, 0.15) is 5.56 Å². The van der Waals surface area contributed by atoms with E-state index in [2.05, 4.69) is 5.10 Å². The molecule has 1 aliphatic heterocycles. The van der Waals surface area contributed by atoms with Gasteiger partial charge in [0.2, 0.25) is 12.2 Å². The lowest BCUT2D eigenvalue weighted by molar-refractivity contribution is 0.174. The standard InChI is InChI=1S/C16H12N2O3/c19-14-8-17-18(9-11-4-2-1-3-5-11)13-7-16-15(6-12(13)14)20-10-21-16/h1-8H,9-10H2. The van der Waals surface area contributed by atoms with E-state index in [1.807, 2.05) is 36.4 Å². The van der Waals surface area contributed by atoms with Gasteiger partial charge < -0.3 is 9.47 Å². The molecule has 0 saturated heterocycles. The first-order chi connectivity index (χ1) is 10.3. The summed E-state index contributed by atoms with van der Waals surface area (Å²) in [4.78, 5) is 12.0. The van der Waals surface area contributed by atoms with E-state index in [4.69, 9.17) is 9.47 Å². The summed E-state index contributed by atoms with van der Waals surface area (Å²) in [5.74, 6) is 1.26.